The van der Waals surface area contributed by atoms with Crippen molar-refractivity contribution >= 4 is 16.9 Å². The number of carbonyl (C=O) groups is 1. The van der Waals surface area contributed by atoms with Gasteiger partial charge in [0.15, 0.2) is 0 Å². The Morgan fingerprint density at radius 2 is 1.65 bits per heavy atom. The number of imidazole rings is 1. The lowest BCUT2D eigenvalue weighted by molar-refractivity contribution is -0.121. The van der Waals surface area contributed by atoms with E-state index in [1.165, 1.54) is 16.7 Å². The molecule has 0 bridgehead atoms. The van der Waals surface area contributed by atoms with Crippen molar-refractivity contribution in [1.29, 1.82) is 0 Å². The van der Waals surface area contributed by atoms with Crippen molar-refractivity contribution in [2.45, 2.75) is 52.6 Å². The topological polar surface area (TPSA) is 56.1 Å². The molecule has 1 N–H and O–H groups in total. The summed E-state index contributed by atoms with van der Waals surface area (Å²) >= 11 is 0. The average Bonchev–Trinajstić information content (AvgIpc) is 3.21. The van der Waals surface area contributed by atoms with Crippen molar-refractivity contribution in [2.24, 2.45) is 0 Å². The van der Waals surface area contributed by atoms with Crippen LogP contribution in [0.5, 0.6) is 5.75 Å². The number of rotatable bonds is 11. The second-order valence-electron chi connectivity index (χ2n) is 8.71. The standard InChI is InChI=1S/C29H33N3O2/c1-22-11-10-12-23(2)29(22)34-20-9-8-19-32-26-16-7-6-15-25(26)31-27(32)21-30-28(33)18-17-24-13-4-3-5-14-24/h3-7,10-16H,8-9,17-21H2,1-2H3,(H,30,33). The predicted molar refractivity (Wildman–Crippen MR) is 137 cm³/mol. The van der Waals surface area contributed by atoms with Gasteiger partial charge in [0.1, 0.15) is 11.6 Å². The first-order valence-electron chi connectivity index (χ1n) is 12.1. The van der Waals surface area contributed by atoms with Crippen molar-refractivity contribution in [3.63, 3.8) is 0 Å². The third kappa shape index (κ3) is 6.04. The lowest BCUT2D eigenvalue weighted by Gasteiger charge is -2.13. The van der Waals surface area contributed by atoms with Gasteiger partial charge in [-0.15, -0.1) is 0 Å². The minimum Gasteiger partial charge on any atom is -0.493 e. The second kappa shape index (κ2) is 11.5. The highest BCUT2D eigenvalue weighted by molar-refractivity contribution is 5.77. The molecule has 1 amide bonds. The third-order valence-electron chi connectivity index (χ3n) is 6.09. The fourth-order valence-electron chi connectivity index (χ4n) is 4.25. The largest absolute Gasteiger partial charge is 0.493 e. The zero-order chi connectivity index (χ0) is 23.8. The number of aromatic nitrogens is 2. The number of hydrogen-bond acceptors (Lipinski definition) is 3. The van der Waals surface area contributed by atoms with Gasteiger partial charge in [0.2, 0.25) is 5.91 Å². The maximum atomic E-state index is 12.4. The first-order chi connectivity index (χ1) is 16.6. The highest BCUT2D eigenvalue weighted by Gasteiger charge is 2.12. The Morgan fingerprint density at radius 3 is 2.44 bits per heavy atom. The maximum absolute atomic E-state index is 12.4. The van der Waals surface area contributed by atoms with Crippen molar-refractivity contribution < 1.29 is 9.53 Å². The summed E-state index contributed by atoms with van der Waals surface area (Å²) in [6, 6.07) is 24.5. The minimum atomic E-state index is 0.0458. The Labute approximate surface area is 201 Å². The molecular formula is C29H33N3O2. The molecule has 176 valence electrons. The summed E-state index contributed by atoms with van der Waals surface area (Å²) < 4.78 is 8.29. The van der Waals surface area contributed by atoms with Gasteiger partial charge in [-0.1, -0.05) is 60.7 Å². The first-order valence-corrected chi connectivity index (χ1v) is 12.1. The molecule has 1 heterocycles. The number of carbonyl (C=O) groups excluding carboxylic acids is 1. The van der Waals surface area contributed by atoms with Crippen LogP contribution >= 0.6 is 0 Å². The zero-order valence-electron chi connectivity index (χ0n) is 20.1. The minimum absolute atomic E-state index is 0.0458. The molecule has 3 aromatic carbocycles. The van der Waals surface area contributed by atoms with Crippen LogP contribution < -0.4 is 10.1 Å². The lowest BCUT2D eigenvalue weighted by Crippen LogP contribution is -2.25. The van der Waals surface area contributed by atoms with E-state index >= 15 is 0 Å². The van der Waals surface area contributed by atoms with Gasteiger partial charge in [0.05, 0.1) is 24.2 Å². The number of ether oxygens (including phenoxy) is 1. The molecule has 0 spiro atoms. The average molecular weight is 456 g/mol. The number of amides is 1. The van der Waals surface area contributed by atoms with E-state index in [1.807, 2.05) is 36.4 Å². The van der Waals surface area contributed by atoms with E-state index in [0.717, 1.165) is 48.4 Å². The van der Waals surface area contributed by atoms with E-state index in [2.05, 4.69) is 60.1 Å². The quantitative estimate of drug-likeness (QED) is 0.293. The van der Waals surface area contributed by atoms with Crippen LogP contribution in [-0.2, 0) is 24.3 Å². The van der Waals surface area contributed by atoms with Gasteiger partial charge in [-0.25, -0.2) is 4.98 Å². The summed E-state index contributed by atoms with van der Waals surface area (Å²) in [6.45, 7) is 6.12. The van der Waals surface area contributed by atoms with Crippen LogP contribution in [0.15, 0.2) is 72.8 Å². The number of aryl methyl sites for hydroxylation is 4. The molecule has 5 nitrogen and oxygen atoms in total. The van der Waals surface area contributed by atoms with Crippen LogP contribution in [0.25, 0.3) is 11.0 Å². The van der Waals surface area contributed by atoms with Crippen LogP contribution in [-0.4, -0.2) is 22.1 Å². The summed E-state index contributed by atoms with van der Waals surface area (Å²) in [4.78, 5) is 17.2. The van der Waals surface area contributed by atoms with Crippen molar-refractivity contribution in [2.75, 3.05) is 6.61 Å². The monoisotopic (exact) mass is 455 g/mol. The fraction of sp³-hybridized carbons (Fsp3) is 0.310. The molecule has 0 saturated heterocycles. The van der Waals surface area contributed by atoms with E-state index in [-0.39, 0.29) is 5.91 Å². The SMILES string of the molecule is Cc1cccc(C)c1OCCCCn1c(CNC(=O)CCc2ccccc2)nc2ccccc21. The van der Waals surface area contributed by atoms with Crippen LogP contribution in [0, 0.1) is 13.8 Å². The maximum Gasteiger partial charge on any atom is 0.220 e. The zero-order valence-corrected chi connectivity index (χ0v) is 20.1. The Hall–Kier alpha value is -3.60. The molecule has 34 heavy (non-hydrogen) atoms. The third-order valence-corrected chi connectivity index (χ3v) is 6.09. The van der Waals surface area contributed by atoms with E-state index in [1.54, 1.807) is 0 Å². The molecular weight excluding hydrogens is 422 g/mol. The van der Waals surface area contributed by atoms with Crippen LogP contribution in [0.1, 0.15) is 41.8 Å². The Morgan fingerprint density at radius 1 is 0.912 bits per heavy atom. The number of nitrogens with zero attached hydrogens (tertiary/aromatic N) is 2. The predicted octanol–water partition coefficient (Wildman–Crippen LogP) is 5.76. The smallest absolute Gasteiger partial charge is 0.220 e. The van der Waals surface area contributed by atoms with Crippen LogP contribution in [0.4, 0.5) is 0 Å². The summed E-state index contributed by atoms with van der Waals surface area (Å²) in [6.07, 6.45) is 3.13. The van der Waals surface area contributed by atoms with Crippen molar-refractivity contribution in [3.05, 3.63) is 95.3 Å². The highest BCUT2D eigenvalue weighted by Crippen LogP contribution is 2.23. The molecule has 0 aliphatic heterocycles. The van der Waals surface area contributed by atoms with Crippen molar-refractivity contribution in [1.82, 2.24) is 14.9 Å². The summed E-state index contributed by atoms with van der Waals surface area (Å²) in [7, 11) is 0. The second-order valence-corrected chi connectivity index (χ2v) is 8.71. The number of fused-ring (bicyclic) bond motifs is 1. The molecule has 0 radical (unpaired) electrons. The molecule has 0 unspecified atom stereocenters. The lowest BCUT2D eigenvalue weighted by atomic mass is 10.1. The molecule has 0 atom stereocenters. The number of unbranched alkanes of at least 4 members (excludes halogenated alkanes) is 1. The van der Waals surface area contributed by atoms with Gasteiger partial charge in [-0.05, 0) is 61.9 Å². The molecule has 4 aromatic rings. The Bertz CT molecular complexity index is 1210. The van der Waals surface area contributed by atoms with Gasteiger partial charge in [-0.2, -0.15) is 0 Å². The van der Waals surface area contributed by atoms with Gasteiger partial charge in [-0.3, -0.25) is 4.79 Å². The van der Waals surface area contributed by atoms with Gasteiger partial charge in [0, 0.05) is 13.0 Å². The number of para-hydroxylation sites is 3. The molecule has 1 aromatic heterocycles. The van der Waals surface area contributed by atoms with Gasteiger partial charge < -0.3 is 14.6 Å². The number of benzene rings is 3. The molecule has 5 heteroatoms. The van der Waals surface area contributed by atoms with E-state index < -0.39 is 0 Å². The van der Waals surface area contributed by atoms with Crippen molar-refractivity contribution in [3.8, 4) is 5.75 Å². The van der Waals surface area contributed by atoms with Gasteiger partial charge >= 0.3 is 0 Å². The summed E-state index contributed by atoms with van der Waals surface area (Å²) in [5.41, 5.74) is 5.58. The normalized spacial score (nSPS) is 11.0. The first kappa shape index (κ1) is 23.6. The van der Waals surface area contributed by atoms with E-state index in [4.69, 9.17) is 9.72 Å². The molecule has 4 rings (SSSR count). The Balaban J connectivity index is 1.32. The molecule has 0 saturated carbocycles. The fourth-order valence-corrected chi connectivity index (χ4v) is 4.25. The van der Waals surface area contributed by atoms with Crippen LogP contribution in [0.3, 0.4) is 0 Å². The molecule has 0 aliphatic carbocycles. The number of hydrogen-bond donors (Lipinski definition) is 1. The Kier molecular flexibility index (Phi) is 7.97. The summed E-state index contributed by atoms with van der Waals surface area (Å²) in [5.74, 6) is 1.93. The molecule has 0 fully saturated rings. The highest BCUT2D eigenvalue weighted by atomic mass is 16.5. The van der Waals surface area contributed by atoms with Gasteiger partial charge in [0.25, 0.3) is 0 Å². The molecule has 0 aliphatic rings. The van der Waals surface area contributed by atoms with E-state index in [0.29, 0.717) is 19.6 Å². The number of nitrogens with one attached hydrogen (secondary N) is 1. The van der Waals surface area contributed by atoms with E-state index in [9.17, 15) is 4.79 Å². The summed E-state index contributed by atoms with van der Waals surface area (Å²) in [5, 5.41) is 3.06. The van der Waals surface area contributed by atoms with Crippen LogP contribution in [0.2, 0.25) is 0 Å².